The molecule has 1 N–H and O–H groups in total. The van der Waals surface area contributed by atoms with Gasteiger partial charge < -0.3 is 4.98 Å². The van der Waals surface area contributed by atoms with Crippen molar-refractivity contribution in [1.82, 2.24) is 15.0 Å². The first-order chi connectivity index (χ1) is 11.5. The van der Waals surface area contributed by atoms with Crippen LogP contribution in [0, 0.1) is 13.8 Å². The third kappa shape index (κ3) is 2.33. The van der Waals surface area contributed by atoms with Gasteiger partial charge in [-0.15, -0.1) is 0 Å². The van der Waals surface area contributed by atoms with Gasteiger partial charge in [-0.1, -0.05) is 36.8 Å². The minimum atomic E-state index is -0.0957. The van der Waals surface area contributed by atoms with Crippen LogP contribution in [0.25, 0.3) is 22.2 Å². The van der Waals surface area contributed by atoms with Crippen molar-refractivity contribution in [3.05, 3.63) is 57.3 Å². The molecule has 1 unspecified atom stereocenters. The molecule has 0 fully saturated rings. The summed E-state index contributed by atoms with van der Waals surface area (Å²) in [6, 6.07) is 8.39. The Labute approximate surface area is 141 Å². The lowest BCUT2D eigenvalue weighted by Gasteiger charge is -2.25. The minimum absolute atomic E-state index is 0.0957. The van der Waals surface area contributed by atoms with Crippen LogP contribution in [0.15, 0.2) is 29.1 Å². The molecule has 1 aromatic carbocycles. The molecule has 1 aliphatic rings. The summed E-state index contributed by atoms with van der Waals surface area (Å²) >= 11 is 0. The molecule has 0 radical (unpaired) electrons. The number of rotatable bonds is 1. The first-order valence-electron chi connectivity index (χ1n) is 8.55. The second-order valence-electron chi connectivity index (χ2n) is 6.86. The lowest BCUT2D eigenvalue weighted by atomic mass is 9.82. The molecule has 4 rings (SSSR count). The van der Waals surface area contributed by atoms with Crippen LogP contribution < -0.4 is 5.56 Å². The SMILES string of the molecule is Cc1ccc(-c2c3c(nc4nc(C)[nH]c(=O)c24)C(C)CCC3)cc1. The fourth-order valence-electron chi connectivity index (χ4n) is 3.76. The Hall–Kier alpha value is -2.49. The second kappa shape index (κ2) is 5.55. The van der Waals surface area contributed by atoms with Crippen molar-refractivity contribution in [1.29, 1.82) is 0 Å². The maximum atomic E-state index is 12.7. The Balaban J connectivity index is 2.16. The zero-order valence-corrected chi connectivity index (χ0v) is 14.3. The van der Waals surface area contributed by atoms with Gasteiger partial charge in [0.15, 0.2) is 5.65 Å². The summed E-state index contributed by atoms with van der Waals surface area (Å²) in [6.07, 6.45) is 3.25. The van der Waals surface area contributed by atoms with Gasteiger partial charge in [0.1, 0.15) is 5.82 Å². The van der Waals surface area contributed by atoms with E-state index >= 15 is 0 Å². The fourth-order valence-corrected chi connectivity index (χ4v) is 3.76. The van der Waals surface area contributed by atoms with E-state index in [4.69, 9.17) is 4.98 Å². The summed E-state index contributed by atoms with van der Waals surface area (Å²) in [6.45, 7) is 6.09. The number of hydrogen-bond donors (Lipinski definition) is 1. The van der Waals surface area contributed by atoms with E-state index in [1.54, 1.807) is 6.92 Å². The van der Waals surface area contributed by atoms with Crippen LogP contribution in [0.3, 0.4) is 0 Å². The number of benzene rings is 1. The summed E-state index contributed by atoms with van der Waals surface area (Å²) in [7, 11) is 0. The highest BCUT2D eigenvalue weighted by Crippen LogP contribution is 2.38. The molecule has 4 nitrogen and oxygen atoms in total. The average Bonchev–Trinajstić information content (AvgIpc) is 2.54. The summed E-state index contributed by atoms with van der Waals surface area (Å²) in [4.78, 5) is 24.8. The molecule has 0 amide bonds. The van der Waals surface area contributed by atoms with E-state index in [-0.39, 0.29) is 5.56 Å². The maximum absolute atomic E-state index is 12.7. The van der Waals surface area contributed by atoms with E-state index in [0.29, 0.717) is 22.8 Å². The van der Waals surface area contributed by atoms with E-state index in [1.165, 1.54) is 11.1 Å². The molecule has 4 heteroatoms. The van der Waals surface area contributed by atoms with Gasteiger partial charge in [0.2, 0.25) is 0 Å². The van der Waals surface area contributed by atoms with E-state index in [2.05, 4.69) is 48.1 Å². The Kier molecular flexibility index (Phi) is 3.48. The Morgan fingerprint density at radius 2 is 1.88 bits per heavy atom. The van der Waals surface area contributed by atoms with Crippen molar-refractivity contribution in [2.45, 2.75) is 46.0 Å². The number of nitrogens with one attached hydrogen (secondary N) is 1. The minimum Gasteiger partial charge on any atom is -0.310 e. The van der Waals surface area contributed by atoms with Crippen molar-refractivity contribution < 1.29 is 0 Å². The van der Waals surface area contributed by atoms with Gasteiger partial charge in [-0.05, 0) is 50.2 Å². The number of H-pyrrole nitrogens is 1. The van der Waals surface area contributed by atoms with E-state index < -0.39 is 0 Å². The summed E-state index contributed by atoms with van der Waals surface area (Å²) in [5.41, 5.74) is 6.12. The van der Waals surface area contributed by atoms with Gasteiger partial charge in [0.25, 0.3) is 5.56 Å². The van der Waals surface area contributed by atoms with E-state index in [1.807, 2.05) is 0 Å². The van der Waals surface area contributed by atoms with Crippen LogP contribution in [-0.2, 0) is 6.42 Å². The zero-order valence-electron chi connectivity index (χ0n) is 14.3. The van der Waals surface area contributed by atoms with Crippen LogP contribution in [0.4, 0.5) is 0 Å². The Morgan fingerprint density at radius 1 is 1.12 bits per heavy atom. The first kappa shape index (κ1) is 15.1. The van der Waals surface area contributed by atoms with Crippen molar-refractivity contribution in [2.24, 2.45) is 0 Å². The highest BCUT2D eigenvalue weighted by molar-refractivity contribution is 5.94. The molecule has 0 bridgehead atoms. The van der Waals surface area contributed by atoms with Crippen LogP contribution in [0.2, 0.25) is 0 Å². The normalized spacial score (nSPS) is 17.0. The average molecular weight is 319 g/mol. The monoisotopic (exact) mass is 319 g/mol. The standard InChI is InChI=1S/C20H21N3O/c1-11-7-9-14(10-8-11)16-15-6-4-5-12(2)18(15)23-19-17(16)20(24)22-13(3)21-19/h7-10,12H,4-6H2,1-3H3,(H,21,22,23,24). The second-order valence-corrected chi connectivity index (χ2v) is 6.86. The molecule has 1 aliphatic carbocycles. The fraction of sp³-hybridized carbons (Fsp3) is 0.350. The van der Waals surface area contributed by atoms with E-state index in [0.717, 1.165) is 36.1 Å². The number of pyridine rings is 1. The summed E-state index contributed by atoms with van der Waals surface area (Å²) < 4.78 is 0. The summed E-state index contributed by atoms with van der Waals surface area (Å²) in [5.74, 6) is 1.02. The van der Waals surface area contributed by atoms with Gasteiger partial charge in [-0.3, -0.25) is 4.79 Å². The third-order valence-corrected chi connectivity index (χ3v) is 4.98. The molecule has 0 spiro atoms. The van der Waals surface area contributed by atoms with Crippen LogP contribution in [-0.4, -0.2) is 15.0 Å². The first-order valence-corrected chi connectivity index (χ1v) is 8.55. The molecule has 2 heterocycles. The van der Waals surface area contributed by atoms with Crippen molar-refractivity contribution in [2.75, 3.05) is 0 Å². The molecule has 0 aliphatic heterocycles. The molecular formula is C20H21N3O. The van der Waals surface area contributed by atoms with Crippen LogP contribution in [0.1, 0.15) is 48.3 Å². The Bertz CT molecular complexity index is 986. The Morgan fingerprint density at radius 3 is 2.62 bits per heavy atom. The van der Waals surface area contributed by atoms with Crippen molar-refractivity contribution >= 4 is 11.0 Å². The van der Waals surface area contributed by atoms with Crippen LogP contribution >= 0.6 is 0 Å². The molecule has 122 valence electrons. The van der Waals surface area contributed by atoms with Gasteiger partial charge in [0.05, 0.1) is 5.39 Å². The number of aromatic amines is 1. The van der Waals surface area contributed by atoms with E-state index in [9.17, 15) is 4.79 Å². The maximum Gasteiger partial charge on any atom is 0.261 e. The molecule has 1 atom stereocenters. The number of nitrogens with zero attached hydrogens (tertiary/aromatic N) is 2. The number of aryl methyl sites for hydroxylation is 2. The lowest BCUT2D eigenvalue weighted by molar-refractivity contribution is 0.576. The number of hydrogen-bond acceptors (Lipinski definition) is 3. The number of aromatic nitrogens is 3. The number of fused-ring (bicyclic) bond motifs is 2. The topological polar surface area (TPSA) is 58.6 Å². The predicted octanol–water partition coefficient (Wildman–Crippen LogP) is 4.04. The molecule has 2 aromatic heterocycles. The van der Waals surface area contributed by atoms with Gasteiger partial charge in [0, 0.05) is 11.3 Å². The molecule has 3 aromatic rings. The molecule has 0 saturated carbocycles. The predicted molar refractivity (Wildman–Crippen MR) is 96.4 cm³/mol. The summed E-state index contributed by atoms with van der Waals surface area (Å²) in [5, 5.41) is 0.623. The molecule has 24 heavy (non-hydrogen) atoms. The lowest BCUT2D eigenvalue weighted by Crippen LogP contribution is -2.18. The van der Waals surface area contributed by atoms with Crippen LogP contribution in [0.5, 0.6) is 0 Å². The highest BCUT2D eigenvalue weighted by atomic mass is 16.1. The smallest absolute Gasteiger partial charge is 0.261 e. The van der Waals surface area contributed by atoms with Gasteiger partial charge in [-0.2, -0.15) is 0 Å². The highest BCUT2D eigenvalue weighted by Gasteiger charge is 2.25. The van der Waals surface area contributed by atoms with Crippen molar-refractivity contribution in [3.63, 3.8) is 0 Å². The third-order valence-electron chi connectivity index (χ3n) is 4.98. The van der Waals surface area contributed by atoms with Crippen molar-refractivity contribution in [3.8, 4) is 11.1 Å². The van der Waals surface area contributed by atoms with Gasteiger partial charge in [-0.25, -0.2) is 9.97 Å². The largest absolute Gasteiger partial charge is 0.310 e. The zero-order chi connectivity index (χ0) is 16.8. The van der Waals surface area contributed by atoms with Gasteiger partial charge >= 0.3 is 0 Å². The molecular weight excluding hydrogens is 298 g/mol. The quantitative estimate of drug-likeness (QED) is 0.736. The molecule has 0 saturated heterocycles.